The fourth-order valence-electron chi connectivity index (χ4n) is 4.21. The van der Waals surface area contributed by atoms with Crippen LogP contribution in [0.15, 0.2) is 36.0 Å². The summed E-state index contributed by atoms with van der Waals surface area (Å²) in [6, 6.07) is 0. The highest BCUT2D eigenvalue weighted by Crippen LogP contribution is 2.48. The van der Waals surface area contributed by atoms with E-state index in [1.165, 1.54) is 0 Å². The lowest BCUT2D eigenvalue weighted by Crippen LogP contribution is -2.46. The maximum absolute atomic E-state index is 10.4. The number of aliphatic hydroxyl groups is 2. The van der Waals surface area contributed by atoms with Gasteiger partial charge in [-0.1, -0.05) is 51.2 Å². The lowest BCUT2D eigenvalue weighted by molar-refractivity contribution is -0.0389. The van der Waals surface area contributed by atoms with E-state index in [0.29, 0.717) is 35.5 Å². The van der Waals surface area contributed by atoms with Gasteiger partial charge in [-0.25, -0.2) is 0 Å². The van der Waals surface area contributed by atoms with Crippen molar-refractivity contribution in [2.45, 2.75) is 40.2 Å². The van der Waals surface area contributed by atoms with Crippen molar-refractivity contribution < 1.29 is 10.2 Å². The SMILES string of the molecule is C/C(=C\C=C\[C@@H]1[C@H]2[C@H](C)[C@@H](O)[C@H](C)C[C@@H]2C=C[C@@H]1C)CO. The molecule has 2 aliphatic rings. The van der Waals surface area contributed by atoms with Crippen molar-refractivity contribution in [2.24, 2.45) is 35.5 Å². The molecule has 2 heteroatoms. The zero-order chi connectivity index (χ0) is 15.6. The van der Waals surface area contributed by atoms with Crippen molar-refractivity contribution in [1.29, 1.82) is 0 Å². The summed E-state index contributed by atoms with van der Waals surface area (Å²) in [6.45, 7) is 8.69. The maximum atomic E-state index is 10.4. The first-order valence-corrected chi connectivity index (χ1v) is 8.27. The van der Waals surface area contributed by atoms with Crippen LogP contribution in [0.3, 0.4) is 0 Å². The second-order valence-corrected chi connectivity index (χ2v) is 7.18. The third-order valence-electron chi connectivity index (χ3n) is 5.54. The maximum Gasteiger partial charge on any atom is 0.0642 e. The molecule has 0 aromatic heterocycles. The summed E-state index contributed by atoms with van der Waals surface area (Å²) in [5, 5.41) is 19.5. The third kappa shape index (κ3) is 3.49. The van der Waals surface area contributed by atoms with Gasteiger partial charge >= 0.3 is 0 Å². The average Bonchev–Trinajstić information content (AvgIpc) is 2.47. The number of hydrogen-bond acceptors (Lipinski definition) is 2. The van der Waals surface area contributed by atoms with Gasteiger partial charge in [0.15, 0.2) is 0 Å². The fraction of sp³-hybridized carbons (Fsp3) is 0.684. The van der Waals surface area contributed by atoms with Crippen molar-refractivity contribution in [3.63, 3.8) is 0 Å². The highest BCUT2D eigenvalue weighted by atomic mass is 16.3. The molecule has 0 unspecified atom stereocenters. The standard InChI is InChI=1S/C19H30O2/c1-12(11-20)6-5-7-17-13(2)8-9-16-10-14(3)19(21)15(4)18(16)17/h5-9,13-21H,10-11H2,1-4H3/b7-5+,12-6+/t13-,14+,15-,16-,17-,18-,19-/m0/s1. The Kier molecular flexibility index (Phi) is 5.45. The first-order chi connectivity index (χ1) is 9.95. The van der Waals surface area contributed by atoms with Crippen LogP contribution in [0.1, 0.15) is 34.1 Å². The van der Waals surface area contributed by atoms with Crippen LogP contribution in [0.25, 0.3) is 0 Å². The average molecular weight is 290 g/mol. The van der Waals surface area contributed by atoms with Crippen molar-refractivity contribution >= 4 is 0 Å². The zero-order valence-electron chi connectivity index (χ0n) is 13.7. The van der Waals surface area contributed by atoms with Gasteiger partial charge in [-0.2, -0.15) is 0 Å². The van der Waals surface area contributed by atoms with Gasteiger partial charge in [-0.3, -0.25) is 0 Å². The molecule has 2 aliphatic carbocycles. The van der Waals surface area contributed by atoms with E-state index in [2.05, 4.69) is 45.1 Å². The van der Waals surface area contributed by atoms with Crippen LogP contribution in [0.5, 0.6) is 0 Å². The fourth-order valence-corrected chi connectivity index (χ4v) is 4.21. The van der Waals surface area contributed by atoms with E-state index in [4.69, 9.17) is 5.11 Å². The molecular formula is C19H30O2. The summed E-state index contributed by atoms with van der Waals surface area (Å²) in [4.78, 5) is 0. The molecule has 1 fully saturated rings. The van der Waals surface area contributed by atoms with E-state index in [-0.39, 0.29) is 12.7 Å². The molecule has 118 valence electrons. The van der Waals surface area contributed by atoms with Crippen molar-refractivity contribution in [3.05, 3.63) is 36.0 Å². The highest BCUT2D eigenvalue weighted by molar-refractivity contribution is 5.17. The molecule has 0 spiro atoms. The van der Waals surface area contributed by atoms with Crippen LogP contribution in [0, 0.1) is 35.5 Å². The molecule has 1 saturated carbocycles. The largest absolute Gasteiger partial charge is 0.393 e. The summed E-state index contributed by atoms with van der Waals surface area (Å²) >= 11 is 0. The van der Waals surface area contributed by atoms with E-state index < -0.39 is 0 Å². The zero-order valence-corrected chi connectivity index (χ0v) is 13.7. The molecule has 0 bridgehead atoms. The highest BCUT2D eigenvalue weighted by Gasteiger charge is 2.44. The van der Waals surface area contributed by atoms with Gasteiger partial charge in [0.2, 0.25) is 0 Å². The molecule has 0 amide bonds. The van der Waals surface area contributed by atoms with Gasteiger partial charge in [0.05, 0.1) is 12.7 Å². The van der Waals surface area contributed by atoms with Gasteiger partial charge in [-0.05, 0) is 54.4 Å². The smallest absolute Gasteiger partial charge is 0.0642 e. The lowest BCUT2D eigenvalue weighted by Gasteiger charge is -2.48. The minimum atomic E-state index is -0.185. The molecule has 0 radical (unpaired) electrons. The minimum absolute atomic E-state index is 0.114. The molecule has 0 aromatic carbocycles. The third-order valence-corrected chi connectivity index (χ3v) is 5.54. The van der Waals surface area contributed by atoms with Crippen LogP contribution in [0.2, 0.25) is 0 Å². The van der Waals surface area contributed by atoms with E-state index in [9.17, 15) is 5.11 Å². The topological polar surface area (TPSA) is 40.5 Å². The van der Waals surface area contributed by atoms with Crippen LogP contribution in [-0.2, 0) is 0 Å². The predicted octanol–water partition coefficient (Wildman–Crippen LogP) is 3.57. The summed E-state index contributed by atoms with van der Waals surface area (Å²) in [5.74, 6) is 2.82. The van der Waals surface area contributed by atoms with Gasteiger partial charge in [0.1, 0.15) is 0 Å². The van der Waals surface area contributed by atoms with E-state index >= 15 is 0 Å². The molecule has 0 saturated heterocycles. The molecule has 0 aliphatic heterocycles. The number of aliphatic hydroxyl groups excluding tert-OH is 2. The Hall–Kier alpha value is -0.860. The quantitative estimate of drug-likeness (QED) is 0.616. The summed E-state index contributed by atoms with van der Waals surface area (Å²) in [7, 11) is 0. The van der Waals surface area contributed by atoms with E-state index in [1.54, 1.807) is 0 Å². The van der Waals surface area contributed by atoms with Gasteiger partial charge in [0.25, 0.3) is 0 Å². The predicted molar refractivity (Wildman–Crippen MR) is 87.7 cm³/mol. The Bertz CT molecular complexity index is 435. The number of rotatable bonds is 3. The molecule has 2 nitrogen and oxygen atoms in total. The Morgan fingerprint density at radius 1 is 1.24 bits per heavy atom. The van der Waals surface area contributed by atoms with Crippen LogP contribution >= 0.6 is 0 Å². The normalized spacial score (nSPS) is 44.1. The molecule has 7 atom stereocenters. The first kappa shape index (κ1) is 16.5. The monoisotopic (exact) mass is 290 g/mol. The molecule has 0 aromatic rings. The first-order valence-electron chi connectivity index (χ1n) is 8.27. The van der Waals surface area contributed by atoms with Crippen LogP contribution in [-0.4, -0.2) is 22.9 Å². The minimum Gasteiger partial charge on any atom is -0.393 e. The number of allylic oxidation sites excluding steroid dienone is 5. The second kappa shape index (κ2) is 6.93. The molecule has 21 heavy (non-hydrogen) atoms. The van der Waals surface area contributed by atoms with Crippen molar-refractivity contribution in [3.8, 4) is 0 Å². The van der Waals surface area contributed by atoms with Gasteiger partial charge < -0.3 is 10.2 Å². The summed E-state index contributed by atoms with van der Waals surface area (Å²) in [5.41, 5.74) is 0.979. The summed E-state index contributed by atoms with van der Waals surface area (Å²) < 4.78 is 0. The Morgan fingerprint density at radius 2 is 1.95 bits per heavy atom. The van der Waals surface area contributed by atoms with Crippen LogP contribution in [0.4, 0.5) is 0 Å². The second-order valence-electron chi connectivity index (χ2n) is 7.18. The summed E-state index contributed by atoms with van der Waals surface area (Å²) in [6.07, 6.45) is 12.0. The molecule has 0 heterocycles. The van der Waals surface area contributed by atoms with Gasteiger partial charge in [0, 0.05) is 0 Å². The van der Waals surface area contributed by atoms with E-state index in [0.717, 1.165) is 12.0 Å². The molecule has 2 N–H and O–H groups in total. The lowest BCUT2D eigenvalue weighted by atomic mass is 9.58. The Morgan fingerprint density at radius 3 is 2.62 bits per heavy atom. The van der Waals surface area contributed by atoms with Crippen LogP contribution < -0.4 is 0 Å². The Labute approximate surface area is 129 Å². The number of hydrogen-bond donors (Lipinski definition) is 2. The van der Waals surface area contributed by atoms with Gasteiger partial charge in [-0.15, -0.1) is 0 Å². The molecular weight excluding hydrogens is 260 g/mol. The number of fused-ring (bicyclic) bond motifs is 1. The van der Waals surface area contributed by atoms with E-state index in [1.807, 2.05) is 13.0 Å². The molecule has 2 rings (SSSR count). The Balaban J connectivity index is 2.21. The van der Waals surface area contributed by atoms with Crippen molar-refractivity contribution in [2.75, 3.05) is 6.61 Å². The van der Waals surface area contributed by atoms with Crippen molar-refractivity contribution in [1.82, 2.24) is 0 Å².